The minimum Gasteiger partial charge on any atom is -0.395 e. The third-order valence-corrected chi connectivity index (χ3v) is 3.13. The van der Waals surface area contributed by atoms with E-state index in [1.54, 1.807) is 6.33 Å². The van der Waals surface area contributed by atoms with Crippen LogP contribution in [0.2, 0.25) is 0 Å². The molecule has 0 saturated heterocycles. The summed E-state index contributed by atoms with van der Waals surface area (Å²) in [7, 11) is 0. The van der Waals surface area contributed by atoms with Crippen LogP contribution in [0.25, 0.3) is 0 Å². The number of anilines is 1. The molecule has 0 fully saturated rings. The predicted molar refractivity (Wildman–Crippen MR) is 80.6 cm³/mol. The number of aryl methyl sites for hydroxylation is 1. The molecule has 20 heavy (non-hydrogen) atoms. The summed E-state index contributed by atoms with van der Waals surface area (Å²) in [5.74, 6) is 0.876. The van der Waals surface area contributed by atoms with Crippen LogP contribution in [-0.2, 0) is 13.0 Å². The number of benzene rings is 1. The fourth-order valence-corrected chi connectivity index (χ4v) is 2.15. The van der Waals surface area contributed by atoms with Crippen molar-refractivity contribution < 1.29 is 5.11 Å². The van der Waals surface area contributed by atoms with Gasteiger partial charge in [-0.2, -0.15) is 0 Å². The topological polar surface area (TPSA) is 49.2 Å². The molecule has 2 rings (SSSR count). The summed E-state index contributed by atoms with van der Waals surface area (Å²) in [6.07, 6.45) is 3.62. The molecule has 0 atom stereocenters. The van der Waals surface area contributed by atoms with Crippen molar-refractivity contribution in [2.45, 2.75) is 26.3 Å². The van der Waals surface area contributed by atoms with Crippen molar-refractivity contribution in [1.29, 1.82) is 0 Å². The van der Waals surface area contributed by atoms with E-state index in [0.717, 1.165) is 30.9 Å². The summed E-state index contributed by atoms with van der Waals surface area (Å²) in [6.45, 7) is 3.55. The first-order chi connectivity index (χ1) is 9.83. The van der Waals surface area contributed by atoms with Gasteiger partial charge in [-0.25, -0.2) is 9.97 Å². The molecule has 0 bridgehead atoms. The Morgan fingerprint density at radius 3 is 2.65 bits per heavy atom. The van der Waals surface area contributed by atoms with Gasteiger partial charge < -0.3 is 10.0 Å². The molecule has 0 spiro atoms. The van der Waals surface area contributed by atoms with E-state index < -0.39 is 0 Å². The Balaban J connectivity index is 2.17. The number of aromatic nitrogens is 2. The van der Waals surface area contributed by atoms with Crippen molar-refractivity contribution in [3.05, 3.63) is 54.0 Å². The molecule has 1 heterocycles. The van der Waals surface area contributed by atoms with Gasteiger partial charge in [-0.15, -0.1) is 0 Å². The maximum absolute atomic E-state index is 9.26. The summed E-state index contributed by atoms with van der Waals surface area (Å²) in [5, 5.41) is 9.26. The fraction of sp³-hybridized carbons (Fsp3) is 0.375. The minimum absolute atomic E-state index is 0.111. The Morgan fingerprint density at radius 1 is 1.15 bits per heavy atom. The SMILES string of the molecule is CCCc1cc(N(CCO)Cc2ccccc2)ncn1. The first kappa shape index (κ1) is 14.5. The van der Waals surface area contributed by atoms with E-state index in [-0.39, 0.29) is 6.61 Å². The highest BCUT2D eigenvalue weighted by Gasteiger charge is 2.09. The van der Waals surface area contributed by atoms with Gasteiger partial charge in [-0.05, 0) is 12.0 Å². The molecule has 0 aliphatic heterocycles. The van der Waals surface area contributed by atoms with Crippen LogP contribution in [0.4, 0.5) is 5.82 Å². The number of hydrogen-bond acceptors (Lipinski definition) is 4. The molecule has 0 unspecified atom stereocenters. The number of aliphatic hydroxyl groups is 1. The van der Waals surface area contributed by atoms with Crippen LogP contribution in [0.15, 0.2) is 42.7 Å². The smallest absolute Gasteiger partial charge is 0.132 e. The van der Waals surface area contributed by atoms with E-state index in [2.05, 4.69) is 33.9 Å². The lowest BCUT2D eigenvalue weighted by atomic mass is 10.2. The molecular formula is C16H21N3O. The highest BCUT2D eigenvalue weighted by molar-refractivity contribution is 5.40. The third kappa shape index (κ3) is 4.03. The first-order valence-electron chi connectivity index (χ1n) is 7.04. The van der Waals surface area contributed by atoms with Crippen molar-refractivity contribution in [2.24, 2.45) is 0 Å². The zero-order valence-electron chi connectivity index (χ0n) is 11.9. The molecule has 4 heteroatoms. The van der Waals surface area contributed by atoms with Crippen molar-refractivity contribution in [1.82, 2.24) is 9.97 Å². The Hall–Kier alpha value is -1.94. The van der Waals surface area contributed by atoms with Crippen molar-refractivity contribution >= 4 is 5.82 Å². The van der Waals surface area contributed by atoms with Gasteiger partial charge in [0.1, 0.15) is 12.1 Å². The Labute approximate surface area is 120 Å². The van der Waals surface area contributed by atoms with Gasteiger partial charge in [0.25, 0.3) is 0 Å². The van der Waals surface area contributed by atoms with Gasteiger partial charge in [-0.3, -0.25) is 0 Å². The predicted octanol–water partition coefficient (Wildman–Crippen LogP) is 2.43. The number of aliphatic hydroxyl groups excluding tert-OH is 1. The van der Waals surface area contributed by atoms with E-state index in [1.807, 2.05) is 24.3 Å². The summed E-state index contributed by atoms with van der Waals surface area (Å²) >= 11 is 0. The van der Waals surface area contributed by atoms with Crippen LogP contribution in [0.5, 0.6) is 0 Å². The average molecular weight is 271 g/mol. The second-order valence-corrected chi connectivity index (χ2v) is 4.75. The van der Waals surface area contributed by atoms with Gasteiger partial charge in [0.15, 0.2) is 0 Å². The zero-order chi connectivity index (χ0) is 14.2. The van der Waals surface area contributed by atoms with Gasteiger partial charge in [-0.1, -0.05) is 43.7 Å². The molecule has 106 valence electrons. The second kappa shape index (κ2) is 7.60. The maximum atomic E-state index is 9.26. The highest BCUT2D eigenvalue weighted by Crippen LogP contribution is 2.15. The lowest BCUT2D eigenvalue weighted by Gasteiger charge is -2.23. The van der Waals surface area contributed by atoms with Crippen LogP contribution in [0, 0.1) is 0 Å². The molecule has 1 aromatic heterocycles. The Bertz CT molecular complexity index is 516. The molecule has 1 N–H and O–H groups in total. The molecule has 2 aromatic rings. The molecular weight excluding hydrogens is 250 g/mol. The molecule has 0 saturated carbocycles. The largest absolute Gasteiger partial charge is 0.395 e. The van der Waals surface area contributed by atoms with E-state index in [1.165, 1.54) is 5.56 Å². The van der Waals surface area contributed by atoms with Crippen LogP contribution in [-0.4, -0.2) is 28.2 Å². The summed E-state index contributed by atoms with van der Waals surface area (Å²) in [4.78, 5) is 10.7. The maximum Gasteiger partial charge on any atom is 0.132 e. The first-order valence-corrected chi connectivity index (χ1v) is 7.04. The zero-order valence-corrected chi connectivity index (χ0v) is 11.9. The standard InChI is InChI=1S/C16H21N3O/c1-2-6-15-11-16(18-13-17-15)19(9-10-20)12-14-7-4-3-5-8-14/h3-5,7-8,11,13,20H,2,6,9-10,12H2,1H3. The molecule has 0 aliphatic carbocycles. The van der Waals surface area contributed by atoms with Crippen molar-refractivity contribution in [3.63, 3.8) is 0 Å². The Kier molecular flexibility index (Phi) is 5.50. The summed E-state index contributed by atoms with van der Waals surface area (Å²) in [6, 6.07) is 12.2. The fourth-order valence-electron chi connectivity index (χ4n) is 2.15. The van der Waals surface area contributed by atoms with Crippen LogP contribution in [0.1, 0.15) is 24.6 Å². The van der Waals surface area contributed by atoms with E-state index >= 15 is 0 Å². The highest BCUT2D eigenvalue weighted by atomic mass is 16.3. The van der Waals surface area contributed by atoms with Crippen LogP contribution >= 0.6 is 0 Å². The molecule has 1 aromatic carbocycles. The van der Waals surface area contributed by atoms with Gasteiger partial charge in [0.05, 0.1) is 6.61 Å². The lowest BCUT2D eigenvalue weighted by Crippen LogP contribution is -2.27. The molecule has 0 aliphatic rings. The van der Waals surface area contributed by atoms with Gasteiger partial charge in [0, 0.05) is 24.8 Å². The van der Waals surface area contributed by atoms with E-state index in [0.29, 0.717) is 6.54 Å². The lowest BCUT2D eigenvalue weighted by molar-refractivity contribution is 0.301. The minimum atomic E-state index is 0.111. The van der Waals surface area contributed by atoms with E-state index in [4.69, 9.17) is 0 Å². The number of hydrogen-bond donors (Lipinski definition) is 1. The molecule has 4 nitrogen and oxygen atoms in total. The number of nitrogens with zero attached hydrogens (tertiary/aromatic N) is 3. The molecule has 0 radical (unpaired) electrons. The Morgan fingerprint density at radius 2 is 1.95 bits per heavy atom. The van der Waals surface area contributed by atoms with Crippen LogP contribution < -0.4 is 4.90 Å². The van der Waals surface area contributed by atoms with Crippen molar-refractivity contribution in [2.75, 3.05) is 18.1 Å². The number of rotatable bonds is 7. The second-order valence-electron chi connectivity index (χ2n) is 4.75. The summed E-state index contributed by atoms with van der Waals surface area (Å²) in [5.41, 5.74) is 2.25. The van der Waals surface area contributed by atoms with Crippen LogP contribution in [0.3, 0.4) is 0 Å². The third-order valence-electron chi connectivity index (χ3n) is 3.13. The van der Waals surface area contributed by atoms with Gasteiger partial charge >= 0.3 is 0 Å². The molecule has 0 amide bonds. The average Bonchev–Trinajstić information content (AvgIpc) is 2.49. The normalized spacial score (nSPS) is 10.5. The van der Waals surface area contributed by atoms with E-state index in [9.17, 15) is 5.11 Å². The monoisotopic (exact) mass is 271 g/mol. The van der Waals surface area contributed by atoms with Crippen molar-refractivity contribution in [3.8, 4) is 0 Å². The summed E-state index contributed by atoms with van der Waals surface area (Å²) < 4.78 is 0. The quantitative estimate of drug-likeness (QED) is 0.840. The van der Waals surface area contributed by atoms with Gasteiger partial charge in [0.2, 0.25) is 0 Å².